The lowest BCUT2D eigenvalue weighted by molar-refractivity contribution is 0.164. The van der Waals surface area contributed by atoms with Crippen molar-refractivity contribution >= 4 is 22.7 Å². The van der Waals surface area contributed by atoms with Crippen LogP contribution < -0.4 is 10.9 Å². The van der Waals surface area contributed by atoms with E-state index >= 15 is 0 Å². The molecular formula is C27H35N3OS. The van der Waals surface area contributed by atoms with Gasteiger partial charge in [-0.1, -0.05) is 42.8 Å². The minimum atomic E-state index is 0.0267. The van der Waals surface area contributed by atoms with E-state index in [0.29, 0.717) is 6.04 Å². The van der Waals surface area contributed by atoms with Crippen molar-refractivity contribution in [3.8, 4) is 0 Å². The molecule has 1 unspecified atom stereocenters. The molecule has 1 aromatic heterocycles. The van der Waals surface area contributed by atoms with Gasteiger partial charge in [-0.25, -0.2) is 0 Å². The monoisotopic (exact) mass is 449 g/mol. The molecule has 0 bridgehead atoms. The molecular weight excluding hydrogens is 414 g/mol. The Morgan fingerprint density at radius 3 is 2.50 bits per heavy atom. The van der Waals surface area contributed by atoms with Crippen molar-refractivity contribution in [2.75, 3.05) is 31.6 Å². The number of piperidine rings is 1. The molecule has 1 atom stereocenters. The van der Waals surface area contributed by atoms with Crippen molar-refractivity contribution in [2.45, 2.75) is 45.2 Å². The molecule has 32 heavy (non-hydrogen) atoms. The van der Waals surface area contributed by atoms with E-state index in [1.807, 2.05) is 18.7 Å². The average molecular weight is 450 g/mol. The van der Waals surface area contributed by atoms with Gasteiger partial charge in [-0.15, -0.1) is 0 Å². The first-order valence-electron chi connectivity index (χ1n) is 11.8. The van der Waals surface area contributed by atoms with E-state index in [4.69, 9.17) is 0 Å². The van der Waals surface area contributed by atoms with Gasteiger partial charge in [0.25, 0.3) is 5.56 Å². The minimum absolute atomic E-state index is 0.0267. The summed E-state index contributed by atoms with van der Waals surface area (Å²) in [5, 5.41) is 4.85. The smallest absolute Gasteiger partial charge is 0.251 e. The zero-order valence-electron chi connectivity index (χ0n) is 19.5. The number of fused-ring (bicyclic) bond motifs is 1. The second kappa shape index (κ2) is 10.7. The molecule has 1 saturated heterocycles. The van der Waals surface area contributed by atoms with Crippen molar-refractivity contribution in [3.63, 3.8) is 0 Å². The van der Waals surface area contributed by atoms with E-state index in [2.05, 4.69) is 76.9 Å². The number of rotatable bonds is 8. The first-order valence-corrected chi connectivity index (χ1v) is 13.2. The van der Waals surface area contributed by atoms with E-state index in [9.17, 15) is 4.79 Å². The van der Waals surface area contributed by atoms with Crippen LogP contribution in [0.4, 0.5) is 0 Å². The van der Waals surface area contributed by atoms with Crippen LogP contribution >= 0.6 is 11.8 Å². The molecule has 4 rings (SSSR count). The van der Waals surface area contributed by atoms with Crippen LogP contribution in [0.15, 0.2) is 53.3 Å². The van der Waals surface area contributed by atoms with E-state index in [0.717, 1.165) is 42.5 Å². The second-order valence-electron chi connectivity index (χ2n) is 8.89. The number of thioether (sulfide) groups is 1. The Bertz CT molecular complexity index is 1080. The average Bonchev–Trinajstić information content (AvgIpc) is 2.81. The van der Waals surface area contributed by atoms with Gasteiger partial charge in [0, 0.05) is 42.5 Å². The quantitative estimate of drug-likeness (QED) is 0.480. The molecule has 4 nitrogen and oxygen atoms in total. The largest absolute Gasteiger partial charge is 0.322 e. The SMILES string of the molecule is CCc1cc2cc(C(c3ccc(C)cc3)N3CCC(NCCSC)CC3)ccc2[nH]c1=O. The van der Waals surface area contributed by atoms with Crippen LogP contribution in [-0.2, 0) is 6.42 Å². The van der Waals surface area contributed by atoms with Gasteiger partial charge in [0.05, 0.1) is 6.04 Å². The number of H-pyrrole nitrogens is 1. The third kappa shape index (κ3) is 5.28. The number of aryl methyl sites for hydroxylation is 2. The highest BCUT2D eigenvalue weighted by atomic mass is 32.2. The molecule has 2 heterocycles. The second-order valence-corrected chi connectivity index (χ2v) is 9.88. The highest BCUT2D eigenvalue weighted by Crippen LogP contribution is 2.33. The number of likely N-dealkylation sites (tertiary alicyclic amines) is 1. The van der Waals surface area contributed by atoms with Gasteiger partial charge < -0.3 is 10.3 Å². The van der Waals surface area contributed by atoms with Gasteiger partial charge in [-0.3, -0.25) is 9.69 Å². The van der Waals surface area contributed by atoms with Crippen molar-refractivity contribution in [2.24, 2.45) is 0 Å². The Labute approximate surface area is 195 Å². The van der Waals surface area contributed by atoms with Gasteiger partial charge in [0.15, 0.2) is 0 Å². The molecule has 5 heteroatoms. The Balaban J connectivity index is 1.64. The van der Waals surface area contributed by atoms with Gasteiger partial charge >= 0.3 is 0 Å². The van der Waals surface area contributed by atoms with Crippen LogP contribution in [0, 0.1) is 6.92 Å². The van der Waals surface area contributed by atoms with E-state index < -0.39 is 0 Å². The fourth-order valence-electron chi connectivity index (χ4n) is 4.79. The predicted molar refractivity (Wildman–Crippen MR) is 138 cm³/mol. The molecule has 0 amide bonds. The maximum atomic E-state index is 12.2. The zero-order chi connectivity index (χ0) is 22.5. The van der Waals surface area contributed by atoms with Crippen LogP contribution in [0.3, 0.4) is 0 Å². The van der Waals surface area contributed by atoms with Crippen LogP contribution in [0.5, 0.6) is 0 Å². The highest BCUT2D eigenvalue weighted by Gasteiger charge is 2.27. The van der Waals surface area contributed by atoms with Crippen molar-refractivity contribution in [1.29, 1.82) is 0 Å². The highest BCUT2D eigenvalue weighted by molar-refractivity contribution is 7.98. The number of benzene rings is 2. The summed E-state index contributed by atoms with van der Waals surface area (Å²) in [6.07, 6.45) is 5.27. The molecule has 0 aliphatic carbocycles. The van der Waals surface area contributed by atoms with E-state index in [1.165, 1.54) is 35.3 Å². The maximum Gasteiger partial charge on any atom is 0.251 e. The van der Waals surface area contributed by atoms with Crippen molar-refractivity contribution < 1.29 is 0 Å². The number of aromatic nitrogens is 1. The van der Waals surface area contributed by atoms with Gasteiger partial charge in [0.2, 0.25) is 0 Å². The van der Waals surface area contributed by atoms with Gasteiger partial charge in [-0.05, 0) is 67.2 Å². The molecule has 170 valence electrons. The molecule has 0 spiro atoms. The van der Waals surface area contributed by atoms with Crippen molar-refractivity contribution in [3.05, 3.63) is 81.1 Å². The molecule has 2 aromatic carbocycles. The van der Waals surface area contributed by atoms with Gasteiger partial charge in [-0.2, -0.15) is 11.8 Å². The Morgan fingerprint density at radius 1 is 1.09 bits per heavy atom. The number of pyridine rings is 1. The predicted octanol–water partition coefficient (Wildman–Crippen LogP) is 4.91. The number of aromatic amines is 1. The fourth-order valence-corrected chi connectivity index (χ4v) is 5.11. The lowest BCUT2D eigenvalue weighted by Gasteiger charge is -2.38. The summed E-state index contributed by atoms with van der Waals surface area (Å²) < 4.78 is 0. The van der Waals surface area contributed by atoms with E-state index in [-0.39, 0.29) is 11.6 Å². The van der Waals surface area contributed by atoms with Crippen LogP contribution in [0.2, 0.25) is 0 Å². The summed E-state index contributed by atoms with van der Waals surface area (Å²) in [7, 11) is 0. The molecule has 1 aliphatic rings. The topological polar surface area (TPSA) is 48.1 Å². The lowest BCUT2D eigenvalue weighted by Crippen LogP contribution is -2.44. The van der Waals surface area contributed by atoms with Crippen LogP contribution in [-0.4, -0.2) is 47.6 Å². The summed E-state index contributed by atoms with van der Waals surface area (Å²) in [5.41, 5.74) is 5.70. The van der Waals surface area contributed by atoms with E-state index in [1.54, 1.807) is 0 Å². The number of nitrogens with one attached hydrogen (secondary N) is 2. The maximum absolute atomic E-state index is 12.2. The van der Waals surface area contributed by atoms with Crippen LogP contribution in [0.1, 0.15) is 48.1 Å². The summed E-state index contributed by atoms with van der Waals surface area (Å²) in [6.45, 7) is 7.44. The fraction of sp³-hybridized carbons (Fsp3) is 0.444. The first kappa shape index (κ1) is 23.1. The van der Waals surface area contributed by atoms with Crippen LogP contribution in [0.25, 0.3) is 10.9 Å². The number of hydrogen-bond donors (Lipinski definition) is 2. The number of nitrogens with zero attached hydrogens (tertiary/aromatic N) is 1. The number of hydrogen-bond acceptors (Lipinski definition) is 4. The Hall–Kier alpha value is -2.08. The summed E-state index contributed by atoms with van der Waals surface area (Å²) in [6, 6.07) is 18.4. The summed E-state index contributed by atoms with van der Waals surface area (Å²) in [4.78, 5) is 17.9. The molecule has 1 aliphatic heterocycles. The Kier molecular flexibility index (Phi) is 7.71. The zero-order valence-corrected chi connectivity index (χ0v) is 20.3. The summed E-state index contributed by atoms with van der Waals surface area (Å²) >= 11 is 1.90. The summed E-state index contributed by atoms with van der Waals surface area (Å²) in [5.74, 6) is 1.17. The first-order chi connectivity index (χ1) is 15.6. The van der Waals surface area contributed by atoms with Gasteiger partial charge in [0.1, 0.15) is 0 Å². The molecule has 0 radical (unpaired) electrons. The molecule has 0 saturated carbocycles. The Morgan fingerprint density at radius 2 is 1.81 bits per heavy atom. The molecule has 2 N–H and O–H groups in total. The lowest BCUT2D eigenvalue weighted by atomic mass is 9.92. The standard InChI is InChI=1S/C27H35N3OS/c1-4-20-17-23-18-22(9-10-25(23)29-27(20)31)26(21-7-5-19(2)6-8-21)30-14-11-24(12-15-30)28-13-16-32-3/h5-10,17-18,24,26,28H,4,11-16H2,1-3H3,(H,29,31). The third-order valence-corrected chi connectivity index (χ3v) is 7.28. The van der Waals surface area contributed by atoms with Crippen molar-refractivity contribution in [1.82, 2.24) is 15.2 Å². The molecule has 3 aromatic rings. The molecule has 1 fully saturated rings. The minimum Gasteiger partial charge on any atom is -0.322 e. The normalized spacial score (nSPS) is 16.5. The third-order valence-electron chi connectivity index (χ3n) is 6.67.